The number of tetrazole rings is 1. The maximum absolute atomic E-state index is 5.37. The highest BCUT2D eigenvalue weighted by atomic mass is 16.5. The molecule has 0 aliphatic heterocycles. The van der Waals surface area contributed by atoms with Gasteiger partial charge in [0.25, 0.3) is 0 Å². The number of nitrogens with zero attached hydrogens (tertiary/aromatic N) is 4. The molecule has 0 unspecified atom stereocenters. The first-order valence-electron chi connectivity index (χ1n) is 9.22. The van der Waals surface area contributed by atoms with Crippen molar-refractivity contribution in [2.75, 3.05) is 20.8 Å². The molecule has 28 heavy (non-hydrogen) atoms. The summed E-state index contributed by atoms with van der Waals surface area (Å²) in [5.74, 6) is 1.49. The number of fused-ring (bicyclic) bond motifs is 3. The molecule has 1 N–H and O–H groups in total. The van der Waals surface area contributed by atoms with Gasteiger partial charge in [-0.2, -0.15) is 4.52 Å². The molecule has 2 heterocycles. The van der Waals surface area contributed by atoms with Crippen LogP contribution in [0.4, 0.5) is 0 Å². The summed E-state index contributed by atoms with van der Waals surface area (Å²) < 4.78 is 12.5. The molecule has 0 spiro atoms. The van der Waals surface area contributed by atoms with Gasteiger partial charge in [0.2, 0.25) is 0 Å². The summed E-state index contributed by atoms with van der Waals surface area (Å²) in [7, 11) is 3.30. The van der Waals surface area contributed by atoms with Crippen molar-refractivity contribution < 1.29 is 9.47 Å². The molecule has 4 rings (SSSR count). The van der Waals surface area contributed by atoms with Gasteiger partial charge in [0, 0.05) is 17.5 Å². The zero-order valence-corrected chi connectivity index (χ0v) is 16.3. The summed E-state index contributed by atoms with van der Waals surface area (Å²) in [6, 6.07) is 14.4. The lowest BCUT2D eigenvalue weighted by atomic mass is 10.1. The fourth-order valence-electron chi connectivity index (χ4n) is 3.50. The van der Waals surface area contributed by atoms with Crippen molar-refractivity contribution in [3.05, 3.63) is 59.2 Å². The van der Waals surface area contributed by atoms with Crippen LogP contribution in [0.25, 0.3) is 16.6 Å². The number of nitrogens with one attached hydrogen (secondary N) is 1. The van der Waals surface area contributed by atoms with E-state index in [-0.39, 0.29) is 0 Å². The van der Waals surface area contributed by atoms with Crippen LogP contribution in [0.15, 0.2) is 42.5 Å². The molecule has 4 aromatic rings. The van der Waals surface area contributed by atoms with Crippen molar-refractivity contribution in [1.82, 2.24) is 25.4 Å². The molecule has 7 heteroatoms. The van der Waals surface area contributed by atoms with Crippen LogP contribution >= 0.6 is 0 Å². The summed E-state index contributed by atoms with van der Waals surface area (Å²) in [6.45, 7) is 3.60. The third kappa shape index (κ3) is 3.36. The van der Waals surface area contributed by atoms with Gasteiger partial charge in [0.05, 0.1) is 19.7 Å². The number of benzene rings is 2. The second-order valence-electron chi connectivity index (χ2n) is 6.71. The Morgan fingerprint density at radius 1 is 1.04 bits per heavy atom. The Bertz CT molecular complexity index is 1120. The summed E-state index contributed by atoms with van der Waals surface area (Å²) in [4.78, 5) is 0. The predicted octanol–water partition coefficient (Wildman–Crippen LogP) is 2.94. The molecule has 0 aliphatic rings. The minimum atomic E-state index is 0.695. The molecule has 0 radical (unpaired) electrons. The lowest BCUT2D eigenvalue weighted by Crippen LogP contribution is -2.17. The molecule has 0 amide bonds. The molecule has 2 aromatic heterocycles. The van der Waals surface area contributed by atoms with Crippen LogP contribution < -0.4 is 14.8 Å². The van der Waals surface area contributed by atoms with Crippen LogP contribution in [-0.4, -0.2) is 40.8 Å². The minimum Gasteiger partial charge on any atom is -0.493 e. The van der Waals surface area contributed by atoms with Gasteiger partial charge in [-0.15, -0.1) is 5.10 Å². The minimum absolute atomic E-state index is 0.695. The fraction of sp³-hybridized carbons (Fsp3) is 0.286. The van der Waals surface area contributed by atoms with E-state index in [1.165, 1.54) is 5.56 Å². The van der Waals surface area contributed by atoms with Crippen LogP contribution in [0, 0.1) is 6.92 Å². The van der Waals surface area contributed by atoms with Crippen molar-refractivity contribution >= 4 is 16.6 Å². The lowest BCUT2D eigenvalue weighted by molar-refractivity contribution is 0.354. The second-order valence-corrected chi connectivity index (χ2v) is 6.71. The Labute approximate surface area is 163 Å². The van der Waals surface area contributed by atoms with Gasteiger partial charge in [-0.3, -0.25) is 0 Å². The van der Waals surface area contributed by atoms with E-state index in [2.05, 4.69) is 58.1 Å². The molecule has 0 fully saturated rings. The van der Waals surface area contributed by atoms with Crippen LogP contribution in [0.3, 0.4) is 0 Å². The number of hydrogen-bond acceptors (Lipinski definition) is 6. The number of rotatable bonds is 7. The van der Waals surface area contributed by atoms with Crippen molar-refractivity contribution in [3.63, 3.8) is 0 Å². The molecule has 0 aliphatic carbocycles. The summed E-state index contributed by atoms with van der Waals surface area (Å²) in [5.41, 5.74) is 5.27. The molecule has 7 nitrogen and oxygen atoms in total. The maximum Gasteiger partial charge on any atom is 0.184 e. The highest BCUT2D eigenvalue weighted by Gasteiger charge is 2.11. The van der Waals surface area contributed by atoms with Crippen LogP contribution in [0.2, 0.25) is 0 Å². The van der Waals surface area contributed by atoms with E-state index in [4.69, 9.17) is 9.47 Å². The van der Waals surface area contributed by atoms with Gasteiger partial charge in [-0.1, -0.05) is 24.3 Å². The van der Waals surface area contributed by atoms with Gasteiger partial charge >= 0.3 is 0 Å². The van der Waals surface area contributed by atoms with Crippen molar-refractivity contribution in [1.29, 1.82) is 0 Å². The van der Waals surface area contributed by atoms with Gasteiger partial charge in [-0.25, -0.2) is 0 Å². The molecule has 144 valence electrons. The van der Waals surface area contributed by atoms with E-state index in [0.717, 1.165) is 52.1 Å². The van der Waals surface area contributed by atoms with Gasteiger partial charge < -0.3 is 14.8 Å². The first-order chi connectivity index (χ1) is 13.7. The predicted molar refractivity (Wildman–Crippen MR) is 108 cm³/mol. The van der Waals surface area contributed by atoms with Gasteiger partial charge in [0.15, 0.2) is 17.1 Å². The smallest absolute Gasteiger partial charge is 0.184 e. The summed E-state index contributed by atoms with van der Waals surface area (Å²) in [5, 5.41) is 16.9. The zero-order valence-electron chi connectivity index (χ0n) is 16.3. The average molecular weight is 377 g/mol. The fourth-order valence-corrected chi connectivity index (χ4v) is 3.50. The van der Waals surface area contributed by atoms with E-state index >= 15 is 0 Å². The Hall–Kier alpha value is -3.19. The Kier molecular flexibility index (Phi) is 5.08. The summed E-state index contributed by atoms with van der Waals surface area (Å²) >= 11 is 0. The van der Waals surface area contributed by atoms with Crippen molar-refractivity contribution in [2.45, 2.75) is 19.9 Å². The highest BCUT2D eigenvalue weighted by Crippen LogP contribution is 2.27. The quantitative estimate of drug-likeness (QED) is 0.499. The maximum atomic E-state index is 5.37. The van der Waals surface area contributed by atoms with Crippen molar-refractivity contribution in [2.24, 2.45) is 0 Å². The largest absolute Gasteiger partial charge is 0.493 e. The first kappa shape index (κ1) is 18.2. The number of aryl methyl sites for hydroxylation is 1. The average Bonchev–Trinajstić information content (AvgIpc) is 3.21. The first-order valence-corrected chi connectivity index (χ1v) is 9.22. The highest BCUT2D eigenvalue weighted by molar-refractivity contribution is 5.85. The molecular formula is C21H23N5O2. The SMILES string of the molecule is COc1ccc(CCNCc2cc3cccc(C)c3n3nnnc23)cc1OC. The number of para-hydroxylation sites is 1. The topological polar surface area (TPSA) is 73.6 Å². The normalized spacial score (nSPS) is 11.2. The number of methoxy groups -OCH3 is 2. The zero-order chi connectivity index (χ0) is 19.5. The van der Waals surface area contributed by atoms with Crippen LogP contribution in [0.1, 0.15) is 16.7 Å². The number of pyridine rings is 1. The number of hydrogen-bond donors (Lipinski definition) is 1. The van der Waals surface area contributed by atoms with Crippen LogP contribution in [-0.2, 0) is 13.0 Å². The third-order valence-electron chi connectivity index (χ3n) is 4.92. The third-order valence-corrected chi connectivity index (χ3v) is 4.92. The van der Waals surface area contributed by atoms with E-state index in [1.54, 1.807) is 14.2 Å². The monoisotopic (exact) mass is 377 g/mol. The Balaban J connectivity index is 1.48. The Morgan fingerprint density at radius 2 is 1.89 bits per heavy atom. The van der Waals surface area contributed by atoms with E-state index in [9.17, 15) is 0 Å². The van der Waals surface area contributed by atoms with E-state index in [0.29, 0.717) is 6.54 Å². The molecule has 0 atom stereocenters. The molecule has 2 aromatic carbocycles. The van der Waals surface area contributed by atoms with Crippen molar-refractivity contribution in [3.8, 4) is 11.5 Å². The Morgan fingerprint density at radius 3 is 2.71 bits per heavy atom. The van der Waals surface area contributed by atoms with Crippen LogP contribution in [0.5, 0.6) is 11.5 Å². The lowest BCUT2D eigenvalue weighted by Gasteiger charge is -2.11. The molecule has 0 saturated carbocycles. The molecule has 0 saturated heterocycles. The second kappa shape index (κ2) is 7.82. The van der Waals surface area contributed by atoms with E-state index < -0.39 is 0 Å². The molecule has 0 bridgehead atoms. The summed E-state index contributed by atoms with van der Waals surface area (Å²) in [6.07, 6.45) is 0.883. The standard InChI is InChI=1S/C21H23N5O2/c1-14-5-4-6-16-12-17(21-23-24-25-26(21)20(14)16)13-22-10-9-15-7-8-18(27-2)19(11-15)28-3/h4-8,11-12,22H,9-10,13H2,1-3H3. The van der Waals surface area contributed by atoms with Gasteiger partial charge in [0.1, 0.15) is 0 Å². The number of ether oxygens (including phenoxy) is 2. The molecular weight excluding hydrogens is 354 g/mol. The van der Waals surface area contributed by atoms with E-state index in [1.807, 2.05) is 16.6 Å². The van der Waals surface area contributed by atoms with Gasteiger partial charge in [-0.05, 0) is 59.6 Å². The number of aromatic nitrogens is 4.